The number of aryl methyl sites for hydroxylation is 2. The Morgan fingerprint density at radius 2 is 2.00 bits per heavy atom. The summed E-state index contributed by atoms with van der Waals surface area (Å²) in [5.41, 5.74) is 1.05. The third-order valence-corrected chi connectivity index (χ3v) is 5.71. The van der Waals surface area contributed by atoms with Gasteiger partial charge in [-0.2, -0.15) is 11.8 Å². The maximum Gasteiger partial charge on any atom is 0.279 e. The van der Waals surface area contributed by atoms with Gasteiger partial charge in [-0.15, -0.1) is 0 Å². The van der Waals surface area contributed by atoms with Crippen LogP contribution in [-0.4, -0.2) is 69.4 Å². The van der Waals surface area contributed by atoms with Gasteiger partial charge in [-0.3, -0.25) is 14.5 Å². The molecule has 2 aliphatic rings. The second-order valence-electron chi connectivity index (χ2n) is 5.97. The van der Waals surface area contributed by atoms with Crippen LogP contribution in [-0.2, 0) is 0 Å². The summed E-state index contributed by atoms with van der Waals surface area (Å²) in [6.07, 6.45) is 1.25. The number of thioether (sulfide) groups is 1. The predicted octanol–water partition coefficient (Wildman–Crippen LogP) is 0.650. The van der Waals surface area contributed by atoms with Gasteiger partial charge < -0.3 is 9.88 Å². The molecule has 3 heterocycles. The van der Waals surface area contributed by atoms with Gasteiger partial charge in [0.25, 0.3) is 11.5 Å². The number of aromatic nitrogens is 2. The third kappa shape index (κ3) is 3.05. The van der Waals surface area contributed by atoms with E-state index in [1.807, 2.05) is 11.8 Å². The normalized spacial score (nSPS) is 23.0. The lowest BCUT2D eigenvalue weighted by atomic mass is 10.2. The number of hydrogen-bond donors (Lipinski definition) is 1. The number of rotatable bonds is 2. The number of nitrogens with one attached hydrogen (secondary N) is 1. The van der Waals surface area contributed by atoms with Gasteiger partial charge in [0.2, 0.25) is 0 Å². The molecule has 1 N–H and O–H groups in total. The molecule has 3 rings (SSSR count). The minimum atomic E-state index is -0.386. The number of nitrogens with zero attached hydrogens (tertiary/aromatic N) is 3. The predicted molar refractivity (Wildman–Crippen MR) is 87.5 cm³/mol. The number of piperazine rings is 1. The van der Waals surface area contributed by atoms with Crippen LogP contribution in [0, 0.1) is 13.8 Å². The van der Waals surface area contributed by atoms with Crippen molar-refractivity contribution in [2.24, 2.45) is 0 Å². The van der Waals surface area contributed by atoms with Crippen molar-refractivity contribution >= 4 is 17.7 Å². The lowest BCUT2D eigenvalue weighted by molar-refractivity contribution is 0.0580. The van der Waals surface area contributed by atoms with Crippen LogP contribution in [0.5, 0.6) is 0 Å². The van der Waals surface area contributed by atoms with Crippen LogP contribution >= 0.6 is 11.8 Å². The number of aromatic amines is 1. The van der Waals surface area contributed by atoms with Crippen molar-refractivity contribution in [1.82, 2.24) is 19.8 Å². The number of hydrogen-bond acceptors (Lipinski definition) is 5. The number of H-pyrrole nitrogens is 1. The Bertz CT molecular complexity index is 616. The van der Waals surface area contributed by atoms with E-state index in [-0.39, 0.29) is 17.2 Å². The molecule has 0 spiro atoms. The van der Waals surface area contributed by atoms with Crippen LogP contribution in [0.25, 0.3) is 0 Å². The Morgan fingerprint density at radius 1 is 1.27 bits per heavy atom. The first-order chi connectivity index (χ1) is 10.6. The Labute approximate surface area is 134 Å². The van der Waals surface area contributed by atoms with Gasteiger partial charge in [-0.25, -0.2) is 4.98 Å². The average Bonchev–Trinajstić information content (AvgIpc) is 3.05. The summed E-state index contributed by atoms with van der Waals surface area (Å²) in [5, 5.41) is 0. The van der Waals surface area contributed by atoms with E-state index in [9.17, 15) is 9.59 Å². The molecule has 0 aromatic carbocycles. The Hall–Kier alpha value is -1.34. The summed E-state index contributed by atoms with van der Waals surface area (Å²) >= 11 is 2.01. The fourth-order valence-electron chi connectivity index (χ4n) is 3.02. The van der Waals surface area contributed by atoms with Gasteiger partial charge in [0.15, 0.2) is 5.69 Å². The molecule has 1 amide bonds. The van der Waals surface area contributed by atoms with E-state index in [1.165, 1.54) is 17.9 Å². The van der Waals surface area contributed by atoms with E-state index in [4.69, 9.17) is 0 Å². The van der Waals surface area contributed by atoms with Crippen molar-refractivity contribution in [3.8, 4) is 0 Å². The van der Waals surface area contributed by atoms with Gasteiger partial charge >= 0.3 is 0 Å². The first-order valence-electron chi connectivity index (χ1n) is 7.75. The molecule has 0 radical (unpaired) electrons. The molecule has 2 aliphatic heterocycles. The highest BCUT2D eigenvalue weighted by Crippen LogP contribution is 2.23. The fraction of sp³-hybridized carbons (Fsp3) is 0.667. The molecule has 1 aromatic heterocycles. The molecular formula is C15H22N4O2S. The number of carbonyl (C=O) groups excluding carboxylic acids is 1. The molecule has 2 fully saturated rings. The highest BCUT2D eigenvalue weighted by Gasteiger charge is 2.29. The van der Waals surface area contributed by atoms with Crippen LogP contribution in [0.15, 0.2) is 4.79 Å². The summed E-state index contributed by atoms with van der Waals surface area (Å²) in [6.45, 7) is 6.72. The van der Waals surface area contributed by atoms with Gasteiger partial charge in [-0.05, 0) is 26.0 Å². The van der Waals surface area contributed by atoms with Gasteiger partial charge in [0, 0.05) is 43.7 Å². The molecule has 1 aromatic rings. The molecule has 22 heavy (non-hydrogen) atoms. The van der Waals surface area contributed by atoms with Crippen LogP contribution in [0.2, 0.25) is 0 Å². The smallest absolute Gasteiger partial charge is 0.279 e. The van der Waals surface area contributed by atoms with E-state index in [0.717, 1.165) is 13.1 Å². The zero-order valence-electron chi connectivity index (χ0n) is 13.1. The lowest BCUT2D eigenvalue weighted by Gasteiger charge is -2.37. The molecule has 7 heteroatoms. The van der Waals surface area contributed by atoms with Crippen molar-refractivity contribution in [3.05, 3.63) is 27.4 Å². The number of amides is 1. The first-order valence-corrected chi connectivity index (χ1v) is 8.90. The van der Waals surface area contributed by atoms with Crippen molar-refractivity contribution in [1.29, 1.82) is 0 Å². The zero-order valence-corrected chi connectivity index (χ0v) is 13.9. The minimum absolute atomic E-state index is 0.0213. The second kappa shape index (κ2) is 6.42. The highest BCUT2D eigenvalue weighted by molar-refractivity contribution is 7.99. The molecule has 0 saturated carbocycles. The second-order valence-corrected chi connectivity index (χ2v) is 7.12. The summed E-state index contributed by atoms with van der Waals surface area (Å²) in [4.78, 5) is 35.6. The molecule has 1 atom stereocenters. The van der Waals surface area contributed by atoms with Gasteiger partial charge in [0.05, 0.1) is 5.69 Å². The van der Waals surface area contributed by atoms with E-state index in [2.05, 4.69) is 14.9 Å². The first kappa shape index (κ1) is 15.6. The maximum atomic E-state index is 12.5. The van der Waals surface area contributed by atoms with Crippen LogP contribution < -0.4 is 5.56 Å². The Morgan fingerprint density at radius 3 is 2.64 bits per heavy atom. The van der Waals surface area contributed by atoms with E-state index in [0.29, 0.717) is 30.5 Å². The van der Waals surface area contributed by atoms with Crippen LogP contribution in [0.3, 0.4) is 0 Å². The van der Waals surface area contributed by atoms with Gasteiger partial charge in [-0.1, -0.05) is 0 Å². The molecule has 1 unspecified atom stereocenters. The molecular weight excluding hydrogens is 300 g/mol. The Kier molecular flexibility index (Phi) is 4.54. The highest BCUT2D eigenvalue weighted by atomic mass is 32.2. The van der Waals surface area contributed by atoms with Crippen molar-refractivity contribution in [3.63, 3.8) is 0 Å². The molecule has 0 aliphatic carbocycles. The maximum absolute atomic E-state index is 12.5. The summed E-state index contributed by atoms with van der Waals surface area (Å²) < 4.78 is 0. The van der Waals surface area contributed by atoms with Crippen molar-refractivity contribution in [2.45, 2.75) is 26.3 Å². The van der Waals surface area contributed by atoms with E-state index >= 15 is 0 Å². The molecule has 2 saturated heterocycles. The summed E-state index contributed by atoms with van der Waals surface area (Å²) in [6, 6.07) is 0.658. The summed E-state index contributed by atoms with van der Waals surface area (Å²) in [7, 11) is 0. The quantitative estimate of drug-likeness (QED) is 0.866. The Balaban J connectivity index is 1.67. The van der Waals surface area contributed by atoms with E-state index in [1.54, 1.807) is 18.7 Å². The molecule has 0 bridgehead atoms. The third-order valence-electron chi connectivity index (χ3n) is 4.56. The fourth-order valence-corrected chi connectivity index (χ4v) is 4.27. The van der Waals surface area contributed by atoms with Crippen LogP contribution in [0.1, 0.15) is 28.3 Å². The minimum Gasteiger partial charge on any atom is -0.335 e. The monoisotopic (exact) mass is 322 g/mol. The largest absolute Gasteiger partial charge is 0.335 e. The average molecular weight is 322 g/mol. The topological polar surface area (TPSA) is 69.3 Å². The van der Waals surface area contributed by atoms with Crippen molar-refractivity contribution in [2.75, 3.05) is 37.7 Å². The molecule has 120 valence electrons. The summed E-state index contributed by atoms with van der Waals surface area (Å²) in [5.74, 6) is 2.20. The zero-order chi connectivity index (χ0) is 15.7. The SMILES string of the molecule is Cc1nc(C(=O)N2CCN(C3CCSC3)CC2)c(=O)[nH]c1C. The van der Waals surface area contributed by atoms with Crippen molar-refractivity contribution < 1.29 is 4.79 Å². The number of carbonyl (C=O) groups is 1. The molecule has 6 nitrogen and oxygen atoms in total. The standard InChI is InChI=1S/C15H22N4O2S/c1-10-11(2)17-14(20)13(16-10)15(21)19-6-4-18(5-7-19)12-3-8-22-9-12/h12H,3-9H2,1-2H3,(H,17,20). The van der Waals surface area contributed by atoms with E-state index < -0.39 is 0 Å². The van der Waals surface area contributed by atoms with Gasteiger partial charge in [0.1, 0.15) is 0 Å². The van der Waals surface area contributed by atoms with Crippen LogP contribution in [0.4, 0.5) is 0 Å². The lowest BCUT2D eigenvalue weighted by Crippen LogP contribution is -2.52.